The van der Waals surface area contributed by atoms with Gasteiger partial charge < -0.3 is 24.3 Å². The number of halogens is 1. The summed E-state index contributed by atoms with van der Waals surface area (Å²) in [7, 11) is 0. The monoisotopic (exact) mass is 455 g/mol. The number of carbonyl (C=O) groups is 3. The number of esters is 2. The number of carbonyl (C=O) groups excluding carboxylic acids is 3. The Kier molecular flexibility index (Phi) is 8.63. The largest absolute Gasteiger partial charge is 0.456 e. The van der Waals surface area contributed by atoms with Crippen LogP contribution in [0.25, 0.3) is 0 Å². The molecule has 136 valence electrons. The predicted molar refractivity (Wildman–Crippen MR) is 92.4 cm³/mol. The molecular weight excluding hydrogens is 433 g/mol. The fourth-order valence-corrected chi connectivity index (χ4v) is 3.10. The van der Waals surface area contributed by atoms with Gasteiger partial charge in [0, 0.05) is 25.2 Å². The lowest BCUT2D eigenvalue weighted by Gasteiger charge is -2.44. The normalized spacial score (nSPS) is 29.4. The zero-order valence-corrected chi connectivity index (χ0v) is 16.0. The van der Waals surface area contributed by atoms with Gasteiger partial charge in [-0.15, -0.1) is 6.58 Å². The SMILES string of the molecule is C=CCO[C@H]1O[C@H](CI)[C@@H](OC(C)=O)[C@H](OC(C)=O)[C@@H]1NC(C)=O. The zero-order chi connectivity index (χ0) is 18.3. The molecule has 1 aliphatic heterocycles. The number of nitrogens with one attached hydrogen (secondary N) is 1. The van der Waals surface area contributed by atoms with E-state index in [9.17, 15) is 14.4 Å². The molecule has 0 aliphatic carbocycles. The van der Waals surface area contributed by atoms with Gasteiger partial charge in [-0.25, -0.2) is 0 Å². The number of ether oxygens (including phenoxy) is 4. The zero-order valence-electron chi connectivity index (χ0n) is 13.8. The molecule has 1 fully saturated rings. The summed E-state index contributed by atoms with van der Waals surface area (Å²) in [5, 5.41) is 2.65. The molecule has 1 saturated heterocycles. The van der Waals surface area contributed by atoms with Crippen molar-refractivity contribution >= 4 is 40.4 Å². The first kappa shape index (κ1) is 20.8. The summed E-state index contributed by atoms with van der Waals surface area (Å²) in [6.07, 6.45) is -1.68. The Morgan fingerprint density at radius 2 is 1.75 bits per heavy atom. The minimum atomic E-state index is -0.932. The van der Waals surface area contributed by atoms with Crippen LogP contribution in [0.5, 0.6) is 0 Å². The van der Waals surface area contributed by atoms with Crippen molar-refractivity contribution in [1.82, 2.24) is 5.32 Å². The molecule has 0 aromatic rings. The summed E-state index contributed by atoms with van der Waals surface area (Å²) in [4.78, 5) is 34.5. The van der Waals surface area contributed by atoms with Crippen LogP contribution in [-0.2, 0) is 33.3 Å². The lowest BCUT2D eigenvalue weighted by Crippen LogP contribution is -2.66. The summed E-state index contributed by atoms with van der Waals surface area (Å²) in [6, 6.07) is -0.824. The van der Waals surface area contributed by atoms with E-state index in [-0.39, 0.29) is 12.5 Å². The van der Waals surface area contributed by atoms with Crippen molar-refractivity contribution < 1.29 is 33.3 Å². The molecule has 0 radical (unpaired) electrons. The van der Waals surface area contributed by atoms with Gasteiger partial charge in [0.25, 0.3) is 0 Å². The predicted octanol–water partition coefficient (Wildman–Crippen LogP) is 0.717. The lowest BCUT2D eigenvalue weighted by atomic mass is 9.96. The molecule has 1 aliphatic rings. The molecule has 0 aromatic carbocycles. The topological polar surface area (TPSA) is 100 Å². The van der Waals surface area contributed by atoms with Crippen LogP contribution in [0.2, 0.25) is 0 Å². The third-order valence-electron chi connectivity index (χ3n) is 3.15. The highest BCUT2D eigenvalue weighted by Crippen LogP contribution is 2.28. The van der Waals surface area contributed by atoms with Gasteiger partial charge >= 0.3 is 11.9 Å². The van der Waals surface area contributed by atoms with Crippen LogP contribution in [0.3, 0.4) is 0 Å². The standard InChI is InChI=1S/C15H22INO7/c1-5-6-21-15-12(17-8(2)18)14(23-10(4)20)13(22-9(3)19)11(7-16)24-15/h5,11-15H,1,6-7H2,2-4H3,(H,17,18)/t11-,12+,13-,14-,15+/m1/s1. The van der Waals surface area contributed by atoms with Crippen molar-refractivity contribution in [2.24, 2.45) is 0 Å². The lowest BCUT2D eigenvalue weighted by molar-refractivity contribution is -0.263. The average molecular weight is 455 g/mol. The van der Waals surface area contributed by atoms with Crippen molar-refractivity contribution in [3.63, 3.8) is 0 Å². The van der Waals surface area contributed by atoms with Crippen LogP contribution in [-0.4, -0.2) is 59.5 Å². The highest BCUT2D eigenvalue weighted by atomic mass is 127. The Balaban J connectivity index is 3.17. The second-order valence-electron chi connectivity index (χ2n) is 5.19. The molecule has 0 aromatic heterocycles. The van der Waals surface area contributed by atoms with Gasteiger partial charge in [-0.2, -0.15) is 0 Å². The van der Waals surface area contributed by atoms with Crippen LogP contribution in [0.15, 0.2) is 12.7 Å². The van der Waals surface area contributed by atoms with Gasteiger partial charge in [0.15, 0.2) is 18.5 Å². The van der Waals surface area contributed by atoms with Gasteiger partial charge in [-0.05, 0) is 0 Å². The first-order valence-corrected chi connectivity index (χ1v) is 8.88. The molecule has 8 nitrogen and oxygen atoms in total. The smallest absolute Gasteiger partial charge is 0.303 e. The van der Waals surface area contributed by atoms with Crippen LogP contribution < -0.4 is 5.32 Å². The highest BCUT2D eigenvalue weighted by molar-refractivity contribution is 14.1. The van der Waals surface area contributed by atoms with E-state index >= 15 is 0 Å². The maximum absolute atomic E-state index is 11.6. The van der Waals surface area contributed by atoms with E-state index in [1.54, 1.807) is 0 Å². The average Bonchev–Trinajstić information content (AvgIpc) is 2.48. The molecule has 9 heteroatoms. The quantitative estimate of drug-likeness (QED) is 0.261. The van der Waals surface area contributed by atoms with E-state index in [1.165, 1.54) is 26.8 Å². The Bertz CT molecular complexity index is 484. The van der Waals surface area contributed by atoms with E-state index < -0.39 is 42.6 Å². The van der Waals surface area contributed by atoms with Gasteiger partial charge in [-0.3, -0.25) is 14.4 Å². The summed E-state index contributed by atoms with van der Waals surface area (Å²) in [5.41, 5.74) is 0. The molecule has 0 unspecified atom stereocenters. The molecule has 24 heavy (non-hydrogen) atoms. The van der Waals surface area contributed by atoms with E-state index in [1.807, 2.05) is 0 Å². The maximum Gasteiger partial charge on any atom is 0.303 e. The molecule has 1 N–H and O–H groups in total. The minimum absolute atomic E-state index is 0.180. The first-order chi connectivity index (χ1) is 11.3. The molecule has 1 rings (SSSR count). The van der Waals surface area contributed by atoms with E-state index in [0.717, 1.165) is 0 Å². The fraction of sp³-hybridized carbons (Fsp3) is 0.667. The Morgan fingerprint density at radius 1 is 1.17 bits per heavy atom. The number of hydrogen-bond donors (Lipinski definition) is 1. The summed E-state index contributed by atoms with van der Waals surface area (Å²) >= 11 is 2.07. The summed E-state index contributed by atoms with van der Waals surface area (Å²) in [6.45, 7) is 7.56. The van der Waals surface area contributed by atoms with Gasteiger partial charge in [0.05, 0.1) is 6.61 Å². The second-order valence-corrected chi connectivity index (χ2v) is 6.07. The Labute approximate surface area is 154 Å². The maximum atomic E-state index is 11.6. The Morgan fingerprint density at radius 3 is 2.21 bits per heavy atom. The van der Waals surface area contributed by atoms with Gasteiger partial charge in [0.2, 0.25) is 5.91 Å². The van der Waals surface area contributed by atoms with E-state index in [2.05, 4.69) is 34.5 Å². The van der Waals surface area contributed by atoms with Crippen molar-refractivity contribution in [3.8, 4) is 0 Å². The summed E-state index contributed by atoms with van der Waals surface area (Å²) in [5.74, 6) is -1.46. The third-order valence-corrected chi connectivity index (χ3v) is 4.02. The summed E-state index contributed by atoms with van der Waals surface area (Å²) < 4.78 is 22.5. The van der Waals surface area contributed by atoms with E-state index in [4.69, 9.17) is 18.9 Å². The minimum Gasteiger partial charge on any atom is -0.456 e. The van der Waals surface area contributed by atoms with Crippen molar-refractivity contribution in [2.75, 3.05) is 11.0 Å². The van der Waals surface area contributed by atoms with Crippen LogP contribution >= 0.6 is 22.6 Å². The van der Waals surface area contributed by atoms with E-state index in [0.29, 0.717) is 4.43 Å². The van der Waals surface area contributed by atoms with Crippen LogP contribution in [0.1, 0.15) is 20.8 Å². The molecule has 1 heterocycles. The molecule has 1 amide bonds. The Hall–Kier alpha value is -1.20. The van der Waals surface area contributed by atoms with Crippen LogP contribution in [0, 0.1) is 0 Å². The third kappa shape index (κ3) is 6.02. The van der Waals surface area contributed by atoms with Crippen molar-refractivity contribution in [1.29, 1.82) is 0 Å². The molecular formula is C15H22INO7. The van der Waals surface area contributed by atoms with Gasteiger partial charge in [-0.1, -0.05) is 28.7 Å². The number of hydrogen-bond acceptors (Lipinski definition) is 7. The van der Waals surface area contributed by atoms with Crippen molar-refractivity contribution in [2.45, 2.75) is 51.4 Å². The number of rotatable bonds is 7. The van der Waals surface area contributed by atoms with Gasteiger partial charge in [0.1, 0.15) is 12.1 Å². The molecule has 0 bridgehead atoms. The number of alkyl halides is 1. The molecule has 0 saturated carbocycles. The van der Waals surface area contributed by atoms with Crippen molar-refractivity contribution in [3.05, 3.63) is 12.7 Å². The number of amides is 1. The molecule has 0 spiro atoms. The second kappa shape index (κ2) is 9.94. The highest BCUT2D eigenvalue weighted by Gasteiger charge is 2.50. The fourth-order valence-electron chi connectivity index (χ4n) is 2.39. The van der Waals surface area contributed by atoms with Crippen LogP contribution in [0.4, 0.5) is 0 Å². The molecule has 5 atom stereocenters. The first-order valence-electron chi connectivity index (χ1n) is 7.35.